The van der Waals surface area contributed by atoms with Crippen molar-refractivity contribution in [1.82, 2.24) is 14.8 Å². The van der Waals surface area contributed by atoms with Crippen molar-refractivity contribution in [2.45, 2.75) is 12.1 Å². The van der Waals surface area contributed by atoms with Crippen molar-refractivity contribution in [2.75, 3.05) is 5.75 Å². The summed E-state index contributed by atoms with van der Waals surface area (Å²) in [6.45, 7) is 1.82. The molecule has 0 spiro atoms. The van der Waals surface area contributed by atoms with Gasteiger partial charge in [0.2, 0.25) is 0 Å². The van der Waals surface area contributed by atoms with Crippen LogP contribution in [0.5, 0.6) is 0 Å². The Morgan fingerprint density at radius 3 is 2.80 bits per heavy atom. The van der Waals surface area contributed by atoms with Gasteiger partial charge in [-0.25, -0.2) is 0 Å². The Balaban J connectivity index is 2.07. The van der Waals surface area contributed by atoms with Crippen LogP contribution < -0.4 is 0 Å². The second-order valence-corrected chi connectivity index (χ2v) is 5.05. The lowest BCUT2D eigenvalue weighted by molar-refractivity contribution is -0.384. The molecule has 0 unspecified atom stereocenters. The van der Waals surface area contributed by atoms with Gasteiger partial charge in [-0.05, 0) is 6.92 Å². The van der Waals surface area contributed by atoms with Crippen molar-refractivity contribution in [3.8, 4) is 0 Å². The van der Waals surface area contributed by atoms with E-state index in [1.807, 2.05) is 14.0 Å². The van der Waals surface area contributed by atoms with Crippen molar-refractivity contribution < 1.29 is 9.72 Å². The molecule has 1 aromatic heterocycles. The lowest BCUT2D eigenvalue weighted by Crippen LogP contribution is -2.04. The number of hydrogen-bond donors (Lipinski definition) is 0. The Bertz CT molecular complexity index is 668. The van der Waals surface area contributed by atoms with E-state index in [0.717, 1.165) is 5.82 Å². The zero-order valence-electron chi connectivity index (χ0n) is 10.9. The zero-order chi connectivity index (χ0) is 14.7. The first-order valence-corrected chi connectivity index (χ1v) is 6.74. The van der Waals surface area contributed by atoms with Crippen LogP contribution >= 0.6 is 11.8 Å². The minimum atomic E-state index is -0.518. The van der Waals surface area contributed by atoms with Gasteiger partial charge >= 0.3 is 0 Å². The highest BCUT2D eigenvalue weighted by atomic mass is 32.2. The minimum Gasteiger partial charge on any atom is -0.309 e. The van der Waals surface area contributed by atoms with Crippen molar-refractivity contribution in [1.29, 1.82) is 0 Å². The second kappa shape index (κ2) is 5.83. The van der Waals surface area contributed by atoms with E-state index in [1.165, 1.54) is 30.0 Å². The third-order valence-electron chi connectivity index (χ3n) is 2.76. The number of carbonyl (C=O) groups excluding carboxylic acids is 1. The lowest BCUT2D eigenvalue weighted by Gasteiger charge is -2.02. The summed E-state index contributed by atoms with van der Waals surface area (Å²) in [6.07, 6.45) is 0. The molecule has 2 aromatic rings. The first-order chi connectivity index (χ1) is 9.49. The average Bonchev–Trinajstić information content (AvgIpc) is 2.76. The molecule has 104 valence electrons. The van der Waals surface area contributed by atoms with Crippen LogP contribution in [0.4, 0.5) is 5.69 Å². The van der Waals surface area contributed by atoms with Crippen LogP contribution in [-0.2, 0) is 7.05 Å². The maximum atomic E-state index is 12.0. The van der Waals surface area contributed by atoms with E-state index in [2.05, 4.69) is 10.2 Å². The monoisotopic (exact) mass is 292 g/mol. The normalized spacial score (nSPS) is 10.5. The molecule has 0 amide bonds. The van der Waals surface area contributed by atoms with Crippen LogP contribution in [0.15, 0.2) is 29.4 Å². The molecule has 0 atom stereocenters. The smallest absolute Gasteiger partial charge is 0.270 e. The molecule has 0 fully saturated rings. The van der Waals surface area contributed by atoms with E-state index in [4.69, 9.17) is 0 Å². The number of carbonyl (C=O) groups is 1. The quantitative estimate of drug-likeness (QED) is 0.362. The maximum absolute atomic E-state index is 12.0. The predicted molar refractivity (Wildman–Crippen MR) is 73.9 cm³/mol. The van der Waals surface area contributed by atoms with E-state index < -0.39 is 4.92 Å². The van der Waals surface area contributed by atoms with E-state index in [1.54, 1.807) is 10.6 Å². The second-order valence-electron chi connectivity index (χ2n) is 4.11. The van der Waals surface area contributed by atoms with Gasteiger partial charge in [0.15, 0.2) is 10.9 Å². The van der Waals surface area contributed by atoms with Gasteiger partial charge in [-0.1, -0.05) is 23.9 Å². The fourth-order valence-electron chi connectivity index (χ4n) is 1.52. The first kappa shape index (κ1) is 14.2. The average molecular weight is 292 g/mol. The summed E-state index contributed by atoms with van der Waals surface area (Å²) >= 11 is 1.26. The Labute approximate surface area is 119 Å². The highest BCUT2D eigenvalue weighted by molar-refractivity contribution is 7.99. The van der Waals surface area contributed by atoms with Crippen LogP contribution in [0.2, 0.25) is 0 Å². The number of thioether (sulfide) groups is 1. The highest BCUT2D eigenvalue weighted by Crippen LogP contribution is 2.19. The van der Waals surface area contributed by atoms with Gasteiger partial charge in [-0.15, -0.1) is 10.2 Å². The number of non-ortho nitro benzene ring substituents is 1. The maximum Gasteiger partial charge on any atom is 0.270 e. The van der Waals surface area contributed by atoms with Crippen molar-refractivity contribution in [3.63, 3.8) is 0 Å². The summed E-state index contributed by atoms with van der Waals surface area (Å²) in [6, 6.07) is 5.71. The molecule has 7 nitrogen and oxygen atoms in total. The molecule has 0 aliphatic carbocycles. The number of Topliss-reactive ketones (excluding diaryl/α,β-unsaturated/α-hetero) is 1. The summed E-state index contributed by atoms with van der Waals surface area (Å²) in [7, 11) is 1.81. The van der Waals surface area contributed by atoms with Gasteiger partial charge in [0.25, 0.3) is 5.69 Å². The molecule has 8 heteroatoms. The van der Waals surface area contributed by atoms with Gasteiger partial charge < -0.3 is 4.57 Å². The third kappa shape index (κ3) is 3.02. The van der Waals surface area contributed by atoms with Crippen LogP contribution in [-0.4, -0.2) is 31.2 Å². The largest absolute Gasteiger partial charge is 0.309 e. The lowest BCUT2D eigenvalue weighted by atomic mass is 10.1. The standard InChI is InChI=1S/C12H12N4O3S/c1-8-13-14-12(15(8)2)20-7-11(17)9-4-3-5-10(6-9)16(18)19/h3-6H,7H2,1-2H3. The van der Waals surface area contributed by atoms with E-state index in [9.17, 15) is 14.9 Å². The van der Waals surface area contributed by atoms with Gasteiger partial charge in [0, 0.05) is 24.7 Å². The summed E-state index contributed by atoms with van der Waals surface area (Å²) in [5.41, 5.74) is 0.237. The zero-order valence-corrected chi connectivity index (χ0v) is 11.8. The van der Waals surface area contributed by atoms with Crippen molar-refractivity contribution >= 4 is 23.2 Å². The number of nitro groups is 1. The number of rotatable bonds is 5. The van der Waals surface area contributed by atoms with Gasteiger partial charge in [-0.2, -0.15) is 0 Å². The van der Waals surface area contributed by atoms with Crippen LogP contribution in [0, 0.1) is 17.0 Å². The number of nitro benzene ring substituents is 1. The molecule has 0 N–H and O–H groups in total. The van der Waals surface area contributed by atoms with Gasteiger partial charge in [0.05, 0.1) is 10.7 Å². The number of hydrogen-bond acceptors (Lipinski definition) is 6. The molecule has 0 saturated carbocycles. The molecule has 0 bridgehead atoms. The molecule has 0 aliphatic heterocycles. The Morgan fingerprint density at radius 2 is 2.20 bits per heavy atom. The molecule has 0 aliphatic rings. The van der Waals surface area contributed by atoms with Crippen molar-refractivity contribution in [3.05, 3.63) is 45.8 Å². The van der Waals surface area contributed by atoms with Crippen molar-refractivity contribution in [2.24, 2.45) is 7.05 Å². The highest BCUT2D eigenvalue weighted by Gasteiger charge is 2.13. The first-order valence-electron chi connectivity index (χ1n) is 5.75. The topological polar surface area (TPSA) is 90.9 Å². The van der Waals surface area contributed by atoms with Crippen LogP contribution in [0.25, 0.3) is 0 Å². The predicted octanol–water partition coefficient (Wildman–Crippen LogP) is 2.01. The summed E-state index contributed by atoms with van der Waals surface area (Å²) in [4.78, 5) is 22.2. The number of aromatic nitrogens is 3. The number of benzene rings is 1. The fourth-order valence-corrected chi connectivity index (χ4v) is 2.37. The Kier molecular flexibility index (Phi) is 4.14. The molecule has 20 heavy (non-hydrogen) atoms. The Hall–Kier alpha value is -2.22. The van der Waals surface area contributed by atoms with Gasteiger partial charge in [-0.3, -0.25) is 14.9 Å². The number of nitrogens with zero attached hydrogens (tertiary/aromatic N) is 4. The SMILES string of the molecule is Cc1nnc(SCC(=O)c2cccc([N+](=O)[O-])c2)n1C. The summed E-state index contributed by atoms with van der Waals surface area (Å²) in [5.74, 6) is 0.738. The molecule has 2 rings (SSSR count). The minimum absolute atomic E-state index is 0.0876. The van der Waals surface area contributed by atoms with E-state index in [-0.39, 0.29) is 17.2 Å². The summed E-state index contributed by atoms with van der Waals surface area (Å²) < 4.78 is 1.78. The fraction of sp³-hybridized carbons (Fsp3) is 0.250. The molecule has 0 radical (unpaired) electrons. The van der Waals surface area contributed by atoms with Crippen LogP contribution in [0.1, 0.15) is 16.2 Å². The molecule has 1 aromatic carbocycles. The molecular weight excluding hydrogens is 280 g/mol. The molecular formula is C12H12N4O3S. The van der Waals surface area contributed by atoms with Gasteiger partial charge in [0.1, 0.15) is 5.82 Å². The summed E-state index contributed by atoms with van der Waals surface area (Å²) in [5, 5.41) is 19.1. The number of aryl methyl sites for hydroxylation is 1. The number of ketones is 1. The molecule has 0 saturated heterocycles. The van der Waals surface area contributed by atoms with E-state index >= 15 is 0 Å². The molecule has 1 heterocycles. The third-order valence-corrected chi connectivity index (χ3v) is 3.78. The van der Waals surface area contributed by atoms with Crippen LogP contribution in [0.3, 0.4) is 0 Å². The Morgan fingerprint density at radius 1 is 1.45 bits per heavy atom. The van der Waals surface area contributed by atoms with E-state index in [0.29, 0.717) is 10.7 Å².